The molecule has 1 N–H and O–H groups in total. The number of rotatable bonds is 6. The number of carbonyl (C=O) groups is 1. The van der Waals surface area contributed by atoms with Gasteiger partial charge in [0.05, 0.1) is 11.3 Å². The van der Waals surface area contributed by atoms with E-state index in [1.54, 1.807) is 11.0 Å². The van der Waals surface area contributed by atoms with Gasteiger partial charge in [0, 0.05) is 24.0 Å². The second kappa shape index (κ2) is 8.52. The smallest absolute Gasteiger partial charge is 0.259 e. The number of benzene rings is 1. The summed E-state index contributed by atoms with van der Waals surface area (Å²) in [6.45, 7) is 3.54. The van der Waals surface area contributed by atoms with Gasteiger partial charge < -0.3 is 14.8 Å². The predicted molar refractivity (Wildman–Crippen MR) is 107 cm³/mol. The first kappa shape index (κ1) is 20.2. The maximum absolute atomic E-state index is 13.9. The van der Waals surface area contributed by atoms with E-state index in [9.17, 15) is 9.18 Å². The van der Waals surface area contributed by atoms with E-state index >= 15 is 0 Å². The summed E-state index contributed by atoms with van der Waals surface area (Å²) in [7, 11) is 4.03. The van der Waals surface area contributed by atoms with Gasteiger partial charge in [-0.15, -0.1) is 12.4 Å². The van der Waals surface area contributed by atoms with Crippen LogP contribution in [-0.2, 0) is 4.79 Å². The molecule has 1 amide bonds. The Hall–Kier alpha value is -2.11. The van der Waals surface area contributed by atoms with Gasteiger partial charge in [0.2, 0.25) is 0 Å². The summed E-state index contributed by atoms with van der Waals surface area (Å²) in [4.78, 5) is 20.2. The third-order valence-corrected chi connectivity index (χ3v) is 4.54. The average molecular weight is 378 g/mol. The molecule has 3 rings (SSSR count). The van der Waals surface area contributed by atoms with Crippen molar-refractivity contribution < 1.29 is 9.18 Å². The highest BCUT2D eigenvalue weighted by Gasteiger charge is 2.34. The molecule has 0 saturated heterocycles. The molecule has 0 saturated carbocycles. The molecule has 0 bridgehead atoms. The summed E-state index contributed by atoms with van der Waals surface area (Å²) in [6.07, 6.45) is 3.40. The first-order valence-electron chi connectivity index (χ1n) is 8.66. The number of anilines is 1. The lowest BCUT2D eigenvalue weighted by molar-refractivity contribution is -0.113. The standard InChI is InChI=1S/C20H24FN3O.ClH/c1-4-15(17-7-5-10-22-17)19-16-13-14(21)8-9-18(16)24(20(19)25)12-6-11-23(2)3;/h5,7-10,13,22H,4,6,11-12H2,1-3H3;1H/b19-15-;. The van der Waals surface area contributed by atoms with Gasteiger partial charge in [-0.2, -0.15) is 0 Å². The third-order valence-electron chi connectivity index (χ3n) is 4.54. The van der Waals surface area contributed by atoms with Crippen LogP contribution in [0.1, 0.15) is 31.0 Å². The van der Waals surface area contributed by atoms with E-state index in [0.717, 1.165) is 29.9 Å². The van der Waals surface area contributed by atoms with E-state index in [-0.39, 0.29) is 24.1 Å². The average Bonchev–Trinajstić information content (AvgIpc) is 3.18. The molecule has 6 heteroatoms. The van der Waals surface area contributed by atoms with E-state index in [0.29, 0.717) is 24.1 Å². The number of halogens is 2. The normalized spacial score (nSPS) is 15.3. The van der Waals surface area contributed by atoms with E-state index in [1.165, 1.54) is 12.1 Å². The molecule has 26 heavy (non-hydrogen) atoms. The van der Waals surface area contributed by atoms with Crippen molar-refractivity contribution in [3.8, 4) is 0 Å². The molecule has 1 aromatic carbocycles. The van der Waals surface area contributed by atoms with Crippen molar-refractivity contribution in [1.29, 1.82) is 0 Å². The Morgan fingerprint density at radius 1 is 1.27 bits per heavy atom. The van der Waals surface area contributed by atoms with Crippen LogP contribution in [0.3, 0.4) is 0 Å². The maximum atomic E-state index is 13.9. The van der Waals surface area contributed by atoms with Crippen molar-refractivity contribution in [3.05, 3.63) is 53.6 Å². The van der Waals surface area contributed by atoms with Crippen molar-refractivity contribution in [3.63, 3.8) is 0 Å². The molecule has 140 valence electrons. The number of allylic oxidation sites excluding steroid dienone is 1. The number of aromatic amines is 1. The quantitative estimate of drug-likeness (QED) is 0.766. The summed E-state index contributed by atoms with van der Waals surface area (Å²) in [5.74, 6) is -0.355. The van der Waals surface area contributed by atoms with Crippen LogP contribution in [0.15, 0.2) is 36.5 Å². The molecule has 4 nitrogen and oxygen atoms in total. The zero-order valence-corrected chi connectivity index (χ0v) is 16.2. The van der Waals surface area contributed by atoms with Crippen molar-refractivity contribution >= 4 is 35.1 Å². The Balaban J connectivity index is 0.00000243. The maximum Gasteiger partial charge on any atom is 0.259 e. The molecule has 1 aliphatic rings. The summed E-state index contributed by atoms with van der Waals surface area (Å²) in [5.41, 5.74) is 3.96. The highest BCUT2D eigenvalue weighted by atomic mass is 35.5. The Kier molecular flexibility index (Phi) is 6.62. The summed E-state index contributed by atoms with van der Waals surface area (Å²) < 4.78 is 13.9. The Morgan fingerprint density at radius 3 is 2.65 bits per heavy atom. The first-order chi connectivity index (χ1) is 12.0. The van der Waals surface area contributed by atoms with Gasteiger partial charge in [-0.3, -0.25) is 4.79 Å². The van der Waals surface area contributed by atoms with Crippen LogP contribution in [-0.4, -0.2) is 43.0 Å². The molecule has 1 aromatic heterocycles. The fraction of sp³-hybridized carbons (Fsp3) is 0.350. The molecule has 2 aromatic rings. The van der Waals surface area contributed by atoms with Crippen LogP contribution in [0.5, 0.6) is 0 Å². The van der Waals surface area contributed by atoms with Crippen molar-refractivity contribution in [1.82, 2.24) is 9.88 Å². The van der Waals surface area contributed by atoms with Gasteiger partial charge in [-0.1, -0.05) is 6.92 Å². The van der Waals surface area contributed by atoms with Crippen LogP contribution in [0.2, 0.25) is 0 Å². The van der Waals surface area contributed by atoms with Gasteiger partial charge in [0.1, 0.15) is 5.82 Å². The number of H-pyrrole nitrogens is 1. The van der Waals surface area contributed by atoms with Gasteiger partial charge in [-0.25, -0.2) is 4.39 Å². The Bertz CT molecular complexity index is 799. The highest BCUT2D eigenvalue weighted by molar-refractivity contribution is 6.37. The minimum atomic E-state index is -0.318. The number of nitrogens with zero attached hydrogens (tertiary/aromatic N) is 2. The van der Waals surface area contributed by atoms with E-state index in [4.69, 9.17) is 0 Å². The fourth-order valence-corrected chi connectivity index (χ4v) is 3.38. The van der Waals surface area contributed by atoms with Crippen molar-refractivity contribution in [2.75, 3.05) is 32.1 Å². The molecule has 0 unspecified atom stereocenters. The lowest BCUT2D eigenvalue weighted by Crippen LogP contribution is -2.29. The van der Waals surface area contributed by atoms with Crippen molar-refractivity contribution in [2.45, 2.75) is 19.8 Å². The lowest BCUT2D eigenvalue weighted by Gasteiger charge is -2.18. The van der Waals surface area contributed by atoms with E-state index < -0.39 is 0 Å². The second-order valence-electron chi connectivity index (χ2n) is 6.57. The number of fused-ring (bicyclic) bond motifs is 1. The molecular formula is C20H25ClFN3O. The van der Waals surface area contributed by atoms with E-state index in [1.807, 2.05) is 39.3 Å². The van der Waals surface area contributed by atoms with Crippen LogP contribution in [0.4, 0.5) is 10.1 Å². The van der Waals surface area contributed by atoms with Gasteiger partial charge in [-0.05, 0) is 69.4 Å². The molecular weight excluding hydrogens is 353 g/mol. The number of nitrogens with one attached hydrogen (secondary N) is 1. The summed E-state index contributed by atoms with van der Waals surface area (Å²) in [5, 5.41) is 0. The molecule has 0 atom stereocenters. The van der Waals surface area contributed by atoms with Crippen LogP contribution >= 0.6 is 12.4 Å². The minimum Gasteiger partial charge on any atom is -0.361 e. The fourth-order valence-electron chi connectivity index (χ4n) is 3.38. The molecule has 2 heterocycles. The zero-order chi connectivity index (χ0) is 18.0. The SMILES string of the molecule is CC/C(=C1/C(=O)N(CCCN(C)C)c2ccc(F)cc21)c1ccc[nH]1.Cl. The lowest BCUT2D eigenvalue weighted by atomic mass is 9.97. The molecule has 0 fully saturated rings. The van der Waals surface area contributed by atoms with Crippen LogP contribution in [0.25, 0.3) is 11.1 Å². The van der Waals surface area contributed by atoms with E-state index in [2.05, 4.69) is 9.88 Å². The van der Waals surface area contributed by atoms with Crippen LogP contribution in [0, 0.1) is 5.82 Å². The molecule has 0 radical (unpaired) electrons. The minimum absolute atomic E-state index is 0. The topological polar surface area (TPSA) is 39.3 Å². The number of carbonyl (C=O) groups excluding carboxylic acids is 1. The second-order valence-corrected chi connectivity index (χ2v) is 6.57. The van der Waals surface area contributed by atoms with Gasteiger partial charge in [0.15, 0.2) is 0 Å². The zero-order valence-electron chi connectivity index (χ0n) is 15.4. The number of amides is 1. The highest BCUT2D eigenvalue weighted by Crippen LogP contribution is 2.41. The molecule has 1 aliphatic heterocycles. The molecule has 0 aliphatic carbocycles. The Morgan fingerprint density at radius 2 is 2.04 bits per heavy atom. The molecule has 0 spiro atoms. The first-order valence-corrected chi connectivity index (χ1v) is 8.66. The largest absolute Gasteiger partial charge is 0.361 e. The van der Waals surface area contributed by atoms with Gasteiger partial charge >= 0.3 is 0 Å². The van der Waals surface area contributed by atoms with Gasteiger partial charge in [0.25, 0.3) is 5.91 Å². The number of hydrogen-bond acceptors (Lipinski definition) is 2. The monoisotopic (exact) mass is 377 g/mol. The number of hydrogen-bond donors (Lipinski definition) is 1. The van der Waals surface area contributed by atoms with Crippen molar-refractivity contribution in [2.24, 2.45) is 0 Å². The number of aromatic nitrogens is 1. The predicted octanol–water partition coefficient (Wildman–Crippen LogP) is 4.19. The Labute approximate surface area is 160 Å². The van der Waals surface area contributed by atoms with Crippen LogP contribution < -0.4 is 4.90 Å². The summed E-state index contributed by atoms with van der Waals surface area (Å²) >= 11 is 0. The third kappa shape index (κ3) is 3.84. The summed E-state index contributed by atoms with van der Waals surface area (Å²) in [6, 6.07) is 8.48.